The molecule has 2 heterocycles. The number of halogens is 1. The SMILES string of the molecule is C=CCn1c(SCC(=O)c2ccc(Br)s2)nnc1-c1ccccc1. The molecule has 1 aromatic carbocycles. The van der Waals surface area contributed by atoms with E-state index in [4.69, 9.17) is 0 Å². The number of hydrogen-bond acceptors (Lipinski definition) is 5. The number of hydrogen-bond donors (Lipinski definition) is 0. The first-order valence-electron chi connectivity index (χ1n) is 7.20. The van der Waals surface area contributed by atoms with Crippen LogP contribution in [0.25, 0.3) is 11.4 Å². The Labute approximate surface area is 156 Å². The molecule has 0 radical (unpaired) electrons. The third-order valence-electron chi connectivity index (χ3n) is 3.24. The maximum absolute atomic E-state index is 12.3. The van der Waals surface area contributed by atoms with Crippen LogP contribution in [0.15, 0.2) is 64.1 Å². The van der Waals surface area contributed by atoms with Crippen LogP contribution >= 0.6 is 39.0 Å². The molecule has 4 nitrogen and oxygen atoms in total. The number of aromatic nitrogens is 3. The molecule has 0 aliphatic heterocycles. The van der Waals surface area contributed by atoms with Crippen LogP contribution in [0.5, 0.6) is 0 Å². The van der Waals surface area contributed by atoms with Gasteiger partial charge in [-0.05, 0) is 28.1 Å². The van der Waals surface area contributed by atoms with E-state index in [1.165, 1.54) is 23.1 Å². The number of allylic oxidation sites excluding steroid dienone is 1. The second-order valence-electron chi connectivity index (χ2n) is 4.89. The highest BCUT2D eigenvalue weighted by molar-refractivity contribution is 9.11. The van der Waals surface area contributed by atoms with Gasteiger partial charge < -0.3 is 0 Å². The third-order valence-corrected chi connectivity index (χ3v) is 5.87. The van der Waals surface area contributed by atoms with Crippen molar-refractivity contribution >= 4 is 44.8 Å². The molecule has 0 unspecified atom stereocenters. The highest BCUT2D eigenvalue weighted by Gasteiger charge is 2.16. The van der Waals surface area contributed by atoms with E-state index in [1.54, 1.807) is 6.08 Å². The van der Waals surface area contributed by atoms with Gasteiger partial charge in [-0.2, -0.15) is 0 Å². The zero-order chi connectivity index (χ0) is 16.9. The molecule has 0 atom stereocenters. The largest absolute Gasteiger partial charge is 0.298 e. The second-order valence-corrected chi connectivity index (χ2v) is 8.29. The number of thiophene rings is 1. The zero-order valence-electron chi connectivity index (χ0n) is 12.7. The summed E-state index contributed by atoms with van der Waals surface area (Å²) in [7, 11) is 0. The quantitative estimate of drug-likeness (QED) is 0.309. The van der Waals surface area contributed by atoms with Gasteiger partial charge in [-0.1, -0.05) is 48.2 Å². The van der Waals surface area contributed by atoms with Crippen molar-refractivity contribution < 1.29 is 4.79 Å². The minimum Gasteiger partial charge on any atom is -0.298 e. The third kappa shape index (κ3) is 3.85. The van der Waals surface area contributed by atoms with E-state index in [1.807, 2.05) is 47.0 Å². The summed E-state index contributed by atoms with van der Waals surface area (Å²) in [6.45, 7) is 4.40. The standard InChI is InChI=1S/C17H14BrN3OS2/c1-2-10-21-16(12-6-4-3-5-7-12)19-20-17(21)23-11-13(22)14-8-9-15(18)24-14/h2-9H,1,10-11H2. The van der Waals surface area contributed by atoms with Crippen molar-refractivity contribution in [3.8, 4) is 11.4 Å². The van der Waals surface area contributed by atoms with E-state index in [0.717, 1.165) is 25.2 Å². The summed E-state index contributed by atoms with van der Waals surface area (Å²) in [5.41, 5.74) is 0.993. The molecule has 0 aliphatic rings. The summed E-state index contributed by atoms with van der Waals surface area (Å²) >= 11 is 6.22. The van der Waals surface area contributed by atoms with Crippen LogP contribution in [0.1, 0.15) is 9.67 Å². The van der Waals surface area contributed by atoms with E-state index in [-0.39, 0.29) is 5.78 Å². The average Bonchev–Trinajstić information content (AvgIpc) is 3.20. The predicted molar refractivity (Wildman–Crippen MR) is 103 cm³/mol. The normalized spacial score (nSPS) is 10.7. The Morgan fingerprint density at radius 2 is 2.04 bits per heavy atom. The molecule has 0 spiro atoms. The summed E-state index contributed by atoms with van der Waals surface area (Å²) in [6, 6.07) is 13.6. The summed E-state index contributed by atoms with van der Waals surface area (Å²) in [5, 5.41) is 9.26. The van der Waals surface area contributed by atoms with Gasteiger partial charge in [0, 0.05) is 12.1 Å². The van der Waals surface area contributed by atoms with Gasteiger partial charge in [-0.15, -0.1) is 28.1 Å². The topological polar surface area (TPSA) is 47.8 Å². The van der Waals surface area contributed by atoms with Crippen molar-refractivity contribution in [2.24, 2.45) is 0 Å². The minimum absolute atomic E-state index is 0.0881. The van der Waals surface area contributed by atoms with Crippen molar-refractivity contribution in [2.75, 3.05) is 5.75 Å². The van der Waals surface area contributed by atoms with Gasteiger partial charge in [0.1, 0.15) is 0 Å². The molecule has 0 bridgehead atoms. The molecule has 0 saturated heterocycles. The smallest absolute Gasteiger partial charge is 0.192 e. The van der Waals surface area contributed by atoms with Gasteiger partial charge in [0.15, 0.2) is 16.8 Å². The Bertz CT molecular complexity index is 858. The maximum atomic E-state index is 12.3. The molecular weight excluding hydrogens is 406 g/mol. The van der Waals surface area contributed by atoms with E-state index in [0.29, 0.717) is 12.3 Å². The van der Waals surface area contributed by atoms with Crippen LogP contribution in [0.2, 0.25) is 0 Å². The monoisotopic (exact) mass is 419 g/mol. The fourth-order valence-electron chi connectivity index (χ4n) is 2.16. The highest BCUT2D eigenvalue weighted by atomic mass is 79.9. The molecule has 0 amide bonds. The van der Waals surface area contributed by atoms with E-state index < -0.39 is 0 Å². The summed E-state index contributed by atoms with van der Waals surface area (Å²) in [5.74, 6) is 1.20. The van der Waals surface area contributed by atoms with Crippen LogP contribution in [-0.2, 0) is 6.54 Å². The fraction of sp³-hybridized carbons (Fsp3) is 0.118. The molecule has 24 heavy (non-hydrogen) atoms. The molecule has 0 fully saturated rings. The lowest BCUT2D eigenvalue weighted by Crippen LogP contribution is -2.04. The minimum atomic E-state index is 0.0881. The summed E-state index contributed by atoms with van der Waals surface area (Å²) in [6.07, 6.45) is 1.80. The summed E-state index contributed by atoms with van der Waals surface area (Å²) in [4.78, 5) is 13.0. The van der Waals surface area contributed by atoms with Crippen molar-refractivity contribution in [3.05, 3.63) is 63.8 Å². The number of Topliss-reactive ketones (excluding diaryl/α,β-unsaturated/α-hetero) is 1. The molecule has 3 aromatic rings. The number of carbonyl (C=O) groups is 1. The van der Waals surface area contributed by atoms with E-state index in [2.05, 4.69) is 32.7 Å². The van der Waals surface area contributed by atoms with Gasteiger partial charge in [0.25, 0.3) is 0 Å². The number of thioether (sulfide) groups is 1. The van der Waals surface area contributed by atoms with E-state index >= 15 is 0 Å². The van der Waals surface area contributed by atoms with Crippen LogP contribution in [0.4, 0.5) is 0 Å². The molecule has 2 aromatic heterocycles. The van der Waals surface area contributed by atoms with Crippen molar-refractivity contribution in [3.63, 3.8) is 0 Å². The van der Waals surface area contributed by atoms with Crippen molar-refractivity contribution in [1.29, 1.82) is 0 Å². The molecule has 0 N–H and O–H groups in total. The number of ketones is 1. The highest BCUT2D eigenvalue weighted by Crippen LogP contribution is 2.27. The lowest BCUT2D eigenvalue weighted by atomic mass is 10.2. The van der Waals surface area contributed by atoms with E-state index in [9.17, 15) is 4.79 Å². The predicted octanol–water partition coefficient (Wildman–Crippen LogP) is 4.93. The number of benzene rings is 1. The Morgan fingerprint density at radius 1 is 1.25 bits per heavy atom. The van der Waals surface area contributed by atoms with Crippen molar-refractivity contribution in [1.82, 2.24) is 14.8 Å². The summed E-state index contributed by atoms with van der Waals surface area (Å²) < 4.78 is 2.93. The Balaban J connectivity index is 1.79. The first-order valence-corrected chi connectivity index (χ1v) is 9.79. The van der Waals surface area contributed by atoms with Crippen molar-refractivity contribution in [2.45, 2.75) is 11.7 Å². The Morgan fingerprint density at radius 3 is 2.71 bits per heavy atom. The van der Waals surface area contributed by atoms with Gasteiger partial charge in [0.05, 0.1) is 14.4 Å². The first-order chi connectivity index (χ1) is 11.7. The maximum Gasteiger partial charge on any atom is 0.192 e. The molecule has 3 rings (SSSR count). The molecule has 0 aliphatic carbocycles. The molecule has 122 valence electrons. The van der Waals surface area contributed by atoms with Gasteiger partial charge in [-0.3, -0.25) is 9.36 Å². The van der Waals surface area contributed by atoms with Gasteiger partial charge in [-0.25, -0.2) is 0 Å². The average molecular weight is 420 g/mol. The van der Waals surface area contributed by atoms with Crippen LogP contribution < -0.4 is 0 Å². The zero-order valence-corrected chi connectivity index (χ0v) is 15.9. The fourth-order valence-corrected chi connectivity index (χ4v) is 4.40. The Hall–Kier alpha value is -1.70. The number of rotatable bonds is 7. The second kappa shape index (κ2) is 7.92. The molecule has 7 heteroatoms. The first kappa shape index (κ1) is 17.1. The van der Waals surface area contributed by atoms with Crippen LogP contribution in [0, 0.1) is 0 Å². The molecular formula is C17H14BrN3OS2. The lowest BCUT2D eigenvalue weighted by Gasteiger charge is -2.07. The van der Waals surface area contributed by atoms with Gasteiger partial charge in [0.2, 0.25) is 0 Å². The lowest BCUT2D eigenvalue weighted by molar-refractivity contribution is 0.102. The Kier molecular flexibility index (Phi) is 5.65. The van der Waals surface area contributed by atoms with Crippen LogP contribution in [0.3, 0.4) is 0 Å². The molecule has 0 saturated carbocycles. The number of carbonyl (C=O) groups excluding carboxylic acids is 1. The number of nitrogens with zero attached hydrogens (tertiary/aromatic N) is 3. The van der Waals surface area contributed by atoms with Gasteiger partial charge >= 0.3 is 0 Å². The van der Waals surface area contributed by atoms with Crippen LogP contribution in [-0.4, -0.2) is 26.3 Å².